The molecule has 0 saturated carbocycles. The molecule has 2 N–H and O–H groups in total. The molecule has 13 heteroatoms. The standard InChI is InChI=1S/C29H22ClFN6O5/c30-21-5-1-4-20(25(21)31)22-13-24(42-35-22)28(39)37-12-11-18-19(3-2-6-23(18)36-14-32-33-15-36)26(37)27(38)34-17-9-7-16(8-10-17)29(40)41/h1-10,14-15,24,26H,11-13H2,(H,34,38)(H,40,41)/t24-,26+/m1/s1. The Morgan fingerprint density at radius 2 is 1.76 bits per heavy atom. The number of benzene rings is 3. The Balaban J connectivity index is 1.31. The Morgan fingerprint density at radius 1 is 1.02 bits per heavy atom. The number of amides is 2. The number of aromatic carboxylic acids is 1. The van der Waals surface area contributed by atoms with Crippen molar-refractivity contribution in [3.05, 3.63) is 106 Å². The Labute approximate surface area is 243 Å². The summed E-state index contributed by atoms with van der Waals surface area (Å²) in [4.78, 5) is 45.9. The van der Waals surface area contributed by atoms with Gasteiger partial charge in [0.05, 0.1) is 22.0 Å². The van der Waals surface area contributed by atoms with Crippen molar-refractivity contribution in [2.24, 2.45) is 5.16 Å². The van der Waals surface area contributed by atoms with Gasteiger partial charge in [0.2, 0.25) is 6.10 Å². The average molecular weight is 589 g/mol. The van der Waals surface area contributed by atoms with E-state index in [-0.39, 0.29) is 34.8 Å². The molecule has 0 aliphatic carbocycles. The second-order valence-corrected chi connectivity index (χ2v) is 10.1. The highest BCUT2D eigenvalue weighted by Crippen LogP contribution is 2.36. The third-order valence-corrected chi connectivity index (χ3v) is 7.52. The third-order valence-electron chi connectivity index (χ3n) is 7.23. The van der Waals surface area contributed by atoms with Crippen LogP contribution in [0.5, 0.6) is 0 Å². The van der Waals surface area contributed by atoms with Gasteiger partial charge in [-0.15, -0.1) is 10.2 Å². The van der Waals surface area contributed by atoms with Crippen LogP contribution < -0.4 is 5.32 Å². The molecule has 11 nitrogen and oxygen atoms in total. The number of nitrogens with one attached hydrogen (secondary N) is 1. The summed E-state index contributed by atoms with van der Waals surface area (Å²) < 4.78 is 16.4. The molecule has 1 aromatic heterocycles. The zero-order valence-electron chi connectivity index (χ0n) is 21.8. The summed E-state index contributed by atoms with van der Waals surface area (Å²) in [6, 6.07) is 14.6. The predicted octanol–water partition coefficient (Wildman–Crippen LogP) is 4.02. The number of nitrogens with zero attached hydrogens (tertiary/aromatic N) is 5. The molecule has 2 atom stereocenters. The number of halogens is 2. The minimum Gasteiger partial charge on any atom is -0.478 e. The number of carboxylic acid groups (broad SMARTS) is 1. The van der Waals surface area contributed by atoms with Gasteiger partial charge >= 0.3 is 5.97 Å². The maximum absolute atomic E-state index is 14.6. The summed E-state index contributed by atoms with van der Waals surface area (Å²) in [5.74, 6) is -2.75. The first-order valence-corrected chi connectivity index (χ1v) is 13.3. The van der Waals surface area contributed by atoms with Gasteiger partial charge in [-0.25, -0.2) is 9.18 Å². The van der Waals surface area contributed by atoms with Gasteiger partial charge in [-0.2, -0.15) is 0 Å². The van der Waals surface area contributed by atoms with Crippen LogP contribution in [0, 0.1) is 5.82 Å². The number of rotatable bonds is 6. The molecule has 0 radical (unpaired) electrons. The molecular formula is C29H22ClFN6O5. The van der Waals surface area contributed by atoms with Gasteiger partial charge in [0.1, 0.15) is 18.7 Å². The number of carbonyl (C=O) groups excluding carboxylic acids is 2. The lowest BCUT2D eigenvalue weighted by atomic mass is 9.89. The number of hydrogen-bond donors (Lipinski definition) is 2. The van der Waals surface area contributed by atoms with Crippen molar-refractivity contribution in [2.45, 2.75) is 25.0 Å². The van der Waals surface area contributed by atoms with Crippen molar-refractivity contribution in [3.63, 3.8) is 0 Å². The summed E-state index contributed by atoms with van der Waals surface area (Å²) in [6.45, 7) is 0.182. The monoisotopic (exact) mass is 588 g/mol. The second-order valence-electron chi connectivity index (χ2n) is 9.71. The number of carboxylic acids is 1. The minimum absolute atomic E-state index is 0.00874. The highest BCUT2D eigenvalue weighted by Gasteiger charge is 2.42. The van der Waals surface area contributed by atoms with Crippen LogP contribution in [-0.4, -0.2) is 60.9 Å². The molecule has 0 bridgehead atoms. The number of oxime groups is 1. The summed E-state index contributed by atoms with van der Waals surface area (Å²) in [6.07, 6.45) is 2.44. The van der Waals surface area contributed by atoms with E-state index in [2.05, 4.69) is 20.7 Å². The number of aromatic nitrogens is 3. The van der Waals surface area contributed by atoms with Crippen molar-refractivity contribution in [3.8, 4) is 5.69 Å². The van der Waals surface area contributed by atoms with Crippen LogP contribution in [0.25, 0.3) is 5.69 Å². The lowest BCUT2D eigenvalue weighted by Gasteiger charge is -2.38. The first-order valence-electron chi connectivity index (χ1n) is 12.9. The molecular weight excluding hydrogens is 567 g/mol. The molecule has 0 saturated heterocycles. The smallest absolute Gasteiger partial charge is 0.335 e. The van der Waals surface area contributed by atoms with Crippen LogP contribution in [0.3, 0.4) is 0 Å². The summed E-state index contributed by atoms with van der Waals surface area (Å²) in [7, 11) is 0. The third kappa shape index (κ3) is 4.96. The fraction of sp³-hybridized carbons (Fsp3) is 0.172. The fourth-order valence-electron chi connectivity index (χ4n) is 5.22. The second kappa shape index (κ2) is 11.1. The number of hydrogen-bond acceptors (Lipinski definition) is 7. The van der Waals surface area contributed by atoms with Crippen LogP contribution in [0.4, 0.5) is 10.1 Å². The van der Waals surface area contributed by atoms with Crippen LogP contribution in [0.2, 0.25) is 5.02 Å². The maximum Gasteiger partial charge on any atom is 0.335 e. The van der Waals surface area contributed by atoms with Gasteiger partial charge in [0.25, 0.3) is 11.8 Å². The molecule has 4 aromatic rings. The van der Waals surface area contributed by atoms with E-state index in [1.807, 2.05) is 6.07 Å². The lowest BCUT2D eigenvalue weighted by molar-refractivity contribution is -0.148. The van der Waals surface area contributed by atoms with E-state index in [1.165, 1.54) is 41.3 Å². The van der Waals surface area contributed by atoms with Crippen LogP contribution in [-0.2, 0) is 20.8 Å². The Bertz CT molecular complexity index is 1730. The molecule has 3 aromatic carbocycles. The van der Waals surface area contributed by atoms with Gasteiger partial charge in [-0.3, -0.25) is 14.2 Å². The summed E-state index contributed by atoms with van der Waals surface area (Å²) in [5, 5.41) is 23.7. The topological polar surface area (TPSA) is 139 Å². The molecule has 2 aliphatic heterocycles. The first-order chi connectivity index (χ1) is 20.3. The van der Waals surface area contributed by atoms with Gasteiger partial charge in [0.15, 0.2) is 5.82 Å². The van der Waals surface area contributed by atoms with Gasteiger partial charge in [-0.1, -0.05) is 35.0 Å². The Hall–Kier alpha value is -5.10. The van der Waals surface area contributed by atoms with Crippen LogP contribution >= 0.6 is 11.6 Å². The quantitative estimate of drug-likeness (QED) is 0.347. The van der Waals surface area contributed by atoms with Crippen LogP contribution in [0.1, 0.15) is 39.5 Å². The average Bonchev–Trinajstić information content (AvgIpc) is 3.71. The Kier molecular flexibility index (Phi) is 7.13. The normalized spacial score (nSPS) is 17.7. The van der Waals surface area contributed by atoms with Gasteiger partial charge in [-0.05, 0) is 60.0 Å². The van der Waals surface area contributed by atoms with E-state index in [1.54, 1.807) is 35.4 Å². The summed E-state index contributed by atoms with van der Waals surface area (Å²) >= 11 is 5.93. The molecule has 42 heavy (non-hydrogen) atoms. The molecule has 0 fully saturated rings. The van der Waals surface area contributed by atoms with E-state index < -0.39 is 35.7 Å². The van der Waals surface area contributed by atoms with E-state index in [9.17, 15) is 23.9 Å². The van der Waals surface area contributed by atoms with Crippen molar-refractivity contribution in [1.29, 1.82) is 0 Å². The highest BCUT2D eigenvalue weighted by molar-refractivity contribution is 6.31. The molecule has 2 amide bonds. The van der Waals surface area contributed by atoms with E-state index >= 15 is 0 Å². The molecule has 0 spiro atoms. The Morgan fingerprint density at radius 3 is 2.50 bits per heavy atom. The van der Waals surface area contributed by atoms with E-state index in [0.29, 0.717) is 17.7 Å². The number of fused-ring (bicyclic) bond motifs is 1. The molecule has 6 rings (SSSR count). The fourth-order valence-corrected chi connectivity index (χ4v) is 5.40. The van der Waals surface area contributed by atoms with Crippen molar-refractivity contribution >= 4 is 40.8 Å². The minimum atomic E-state index is -1.09. The van der Waals surface area contributed by atoms with Crippen molar-refractivity contribution in [1.82, 2.24) is 19.7 Å². The van der Waals surface area contributed by atoms with Crippen molar-refractivity contribution in [2.75, 3.05) is 11.9 Å². The van der Waals surface area contributed by atoms with E-state index in [4.69, 9.17) is 16.4 Å². The molecule has 0 unspecified atom stereocenters. The number of carbonyl (C=O) groups is 3. The largest absolute Gasteiger partial charge is 0.478 e. The zero-order chi connectivity index (χ0) is 29.4. The molecule has 3 heterocycles. The number of anilines is 1. The lowest BCUT2D eigenvalue weighted by Crippen LogP contribution is -2.49. The zero-order valence-corrected chi connectivity index (χ0v) is 22.5. The first kappa shape index (κ1) is 27.1. The molecule has 212 valence electrons. The summed E-state index contributed by atoms with van der Waals surface area (Å²) in [5.41, 5.74) is 3.01. The maximum atomic E-state index is 14.6. The SMILES string of the molecule is O=C(O)c1ccc(NC(=O)[C@@H]2c3cccc(-n4cnnc4)c3CCN2C(=O)[C@H]2CC(c3cccc(Cl)c3F)=NO2)cc1. The van der Waals surface area contributed by atoms with Gasteiger partial charge < -0.3 is 20.2 Å². The highest BCUT2D eigenvalue weighted by atomic mass is 35.5. The van der Waals surface area contributed by atoms with Crippen molar-refractivity contribution < 1.29 is 28.7 Å². The van der Waals surface area contributed by atoms with E-state index in [0.717, 1.165) is 11.3 Å². The van der Waals surface area contributed by atoms with Crippen LogP contribution in [0.15, 0.2) is 78.5 Å². The van der Waals surface area contributed by atoms with Gasteiger partial charge in [0, 0.05) is 24.2 Å². The predicted molar refractivity (Wildman–Crippen MR) is 149 cm³/mol. The molecule has 2 aliphatic rings.